The maximum absolute atomic E-state index is 5.48. The molecule has 0 unspecified atom stereocenters. The zero-order valence-electron chi connectivity index (χ0n) is 8.40. The second kappa shape index (κ2) is 6.11. The molecule has 1 rings (SSSR count). The normalized spacial score (nSPS) is 10.7. The fourth-order valence-electron chi connectivity index (χ4n) is 1.26. The van der Waals surface area contributed by atoms with Crippen LogP contribution in [0.5, 0.6) is 0 Å². The van der Waals surface area contributed by atoms with Crippen LogP contribution in [0.1, 0.15) is 18.9 Å². The first-order valence-electron chi connectivity index (χ1n) is 4.74. The minimum atomic E-state index is 0.605. The molecule has 0 radical (unpaired) electrons. The molecule has 0 aliphatic rings. The summed E-state index contributed by atoms with van der Waals surface area (Å²) < 4.78 is 0. The Bertz CT molecular complexity index is 270. The van der Waals surface area contributed by atoms with Gasteiger partial charge < -0.3 is 5.73 Å². The first-order chi connectivity index (χ1) is 6.72. The average molecular weight is 228 g/mol. The van der Waals surface area contributed by atoms with Gasteiger partial charge in [0.05, 0.1) is 4.99 Å². The summed E-state index contributed by atoms with van der Waals surface area (Å²) in [4.78, 5) is 2.95. The van der Waals surface area contributed by atoms with E-state index in [1.807, 2.05) is 0 Å². The Morgan fingerprint density at radius 3 is 2.93 bits per heavy atom. The molecule has 0 atom stereocenters. The van der Waals surface area contributed by atoms with Crippen LogP contribution in [-0.4, -0.2) is 23.0 Å². The number of hydrogen-bond donors (Lipinski definition) is 1. The Balaban J connectivity index is 2.35. The van der Waals surface area contributed by atoms with Gasteiger partial charge in [0.1, 0.15) is 0 Å². The molecule has 0 fully saturated rings. The average Bonchev–Trinajstić information content (AvgIpc) is 2.64. The third kappa shape index (κ3) is 4.17. The molecule has 0 aliphatic carbocycles. The van der Waals surface area contributed by atoms with Gasteiger partial charge in [-0.05, 0) is 28.9 Å². The van der Waals surface area contributed by atoms with E-state index in [9.17, 15) is 0 Å². The molecule has 78 valence electrons. The number of rotatable bonds is 6. The summed E-state index contributed by atoms with van der Waals surface area (Å²) >= 11 is 6.60. The van der Waals surface area contributed by atoms with Gasteiger partial charge >= 0.3 is 0 Å². The molecule has 0 amide bonds. The Labute approximate surface area is 94.7 Å². The van der Waals surface area contributed by atoms with E-state index < -0.39 is 0 Å². The van der Waals surface area contributed by atoms with Crippen LogP contribution in [0.3, 0.4) is 0 Å². The van der Waals surface area contributed by atoms with Gasteiger partial charge in [-0.25, -0.2) is 0 Å². The van der Waals surface area contributed by atoms with Crippen molar-refractivity contribution in [3.63, 3.8) is 0 Å². The SMILES string of the molecule is CCN(CCC(N)=S)Cc1ccsc1. The van der Waals surface area contributed by atoms with Crippen molar-refractivity contribution in [3.8, 4) is 0 Å². The van der Waals surface area contributed by atoms with Crippen molar-refractivity contribution in [3.05, 3.63) is 22.4 Å². The fourth-order valence-corrected chi connectivity index (χ4v) is 2.01. The third-order valence-electron chi connectivity index (χ3n) is 2.11. The molecule has 14 heavy (non-hydrogen) atoms. The molecule has 1 heterocycles. The van der Waals surface area contributed by atoms with Crippen LogP contribution < -0.4 is 5.73 Å². The van der Waals surface area contributed by atoms with Crippen molar-refractivity contribution in [1.82, 2.24) is 4.90 Å². The summed E-state index contributed by atoms with van der Waals surface area (Å²) in [6, 6.07) is 2.16. The van der Waals surface area contributed by atoms with Gasteiger partial charge in [-0.3, -0.25) is 4.90 Å². The number of nitrogens with two attached hydrogens (primary N) is 1. The summed E-state index contributed by atoms with van der Waals surface area (Å²) in [5.41, 5.74) is 6.85. The van der Waals surface area contributed by atoms with E-state index in [2.05, 4.69) is 28.7 Å². The lowest BCUT2D eigenvalue weighted by atomic mass is 10.3. The van der Waals surface area contributed by atoms with Gasteiger partial charge in [0.15, 0.2) is 0 Å². The van der Waals surface area contributed by atoms with Crippen molar-refractivity contribution in [2.24, 2.45) is 5.73 Å². The van der Waals surface area contributed by atoms with Gasteiger partial charge in [-0.1, -0.05) is 19.1 Å². The predicted octanol–water partition coefficient (Wildman–Crippen LogP) is 2.25. The molecule has 0 aliphatic heterocycles. The summed E-state index contributed by atoms with van der Waals surface area (Å²) in [7, 11) is 0. The summed E-state index contributed by atoms with van der Waals surface area (Å²) in [5.74, 6) is 0. The van der Waals surface area contributed by atoms with Crippen LogP contribution in [-0.2, 0) is 6.54 Å². The minimum Gasteiger partial charge on any atom is -0.393 e. The highest BCUT2D eigenvalue weighted by atomic mass is 32.1. The maximum atomic E-state index is 5.48. The topological polar surface area (TPSA) is 29.3 Å². The number of hydrogen-bond acceptors (Lipinski definition) is 3. The number of thiocarbonyl (C=S) groups is 1. The highest BCUT2D eigenvalue weighted by molar-refractivity contribution is 7.80. The fraction of sp³-hybridized carbons (Fsp3) is 0.500. The van der Waals surface area contributed by atoms with Crippen LogP contribution >= 0.6 is 23.6 Å². The molecule has 0 saturated carbocycles. The molecule has 0 saturated heterocycles. The number of nitrogens with zero attached hydrogens (tertiary/aromatic N) is 1. The molecule has 2 N–H and O–H groups in total. The van der Waals surface area contributed by atoms with Crippen molar-refractivity contribution in [2.45, 2.75) is 19.9 Å². The molecule has 2 nitrogen and oxygen atoms in total. The van der Waals surface area contributed by atoms with E-state index in [0.29, 0.717) is 4.99 Å². The minimum absolute atomic E-state index is 0.605. The Morgan fingerprint density at radius 2 is 2.43 bits per heavy atom. The van der Waals surface area contributed by atoms with E-state index >= 15 is 0 Å². The van der Waals surface area contributed by atoms with Crippen LogP contribution in [0.15, 0.2) is 16.8 Å². The van der Waals surface area contributed by atoms with Crippen molar-refractivity contribution >= 4 is 28.5 Å². The van der Waals surface area contributed by atoms with Gasteiger partial charge in [0, 0.05) is 19.5 Å². The smallest absolute Gasteiger partial charge is 0.0740 e. The molecule has 0 bridgehead atoms. The van der Waals surface area contributed by atoms with Crippen molar-refractivity contribution in [2.75, 3.05) is 13.1 Å². The first kappa shape index (κ1) is 11.6. The highest BCUT2D eigenvalue weighted by Gasteiger charge is 2.04. The summed E-state index contributed by atoms with van der Waals surface area (Å²) in [5, 5.41) is 4.29. The van der Waals surface area contributed by atoms with Crippen LogP contribution in [0.25, 0.3) is 0 Å². The third-order valence-corrected chi connectivity index (χ3v) is 3.04. The zero-order valence-corrected chi connectivity index (χ0v) is 10.0. The van der Waals surface area contributed by atoms with Gasteiger partial charge in [0.2, 0.25) is 0 Å². The molecular weight excluding hydrogens is 212 g/mol. The van der Waals surface area contributed by atoms with Gasteiger partial charge in [-0.15, -0.1) is 0 Å². The maximum Gasteiger partial charge on any atom is 0.0740 e. The van der Waals surface area contributed by atoms with E-state index in [-0.39, 0.29) is 0 Å². The lowest BCUT2D eigenvalue weighted by molar-refractivity contribution is 0.289. The lowest BCUT2D eigenvalue weighted by Gasteiger charge is -2.19. The predicted molar refractivity (Wildman–Crippen MR) is 66.7 cm³/mol. The van der Waals surface area contributed by atoms with Crippen LogP contribution in [0.2, 0.25) is 0 Å². The van der Waals surface area contributed by atoms with E-state index in [1.165, 1.54) is 5.56 Å². The van der Waals surface area contributed by atoms with E-state index in [0.717, 1.165) is 26.1 Å². The van der Waals surface area contributed by atoms with Crippen molar-refractivity contribution in [1.29, 1.82) is 0 Å². The highest BCUT2D eigenvalue weighted by Crippen LogP contribution is 2.09. The van der Waals surface area contributed by atoms with E-state index in [1.54, 1.807) is 11.3 Å². The Hall–Kier alpha value is -0.450. The Morgan fingerprint density at radius 1 is 1.64 bits per heavy atom. The number of thiophene rings is 1. The lowest BCUT2D eigenvalue weighted by Crippen LogP contribution is -2.26. The largest absolute Gasteiger partial charge is 0.393 e. The molecular formula is C10H16N2S2. The molecule has 4 heteroatoms. The standard InChI is InChI=1S/C10H16N2S2/c1-2-12(5-3-10(11)13)7-9-4-6-14-8-9/h4,6,8H,2-3,5,7H2,1H3,(H2,11,13). The Kier molecular flexibility index (Phi) is 5.07. The molecule has 1 aromatic heterocycles. The van der Waals surface area contributed by atoms with Gasteiger partial charge in [-0.2, -0.15) is 11.3 Å². The monoisotopic (exact) mass is 228 g/mol. The van der Waals surface area contributed by atoms with Crippen LogP contribution in [0, 0.1) is 0 Å². The quantitative estimate of drug-likeness (QED) is 0.757. The van der Waals surface area contributed by atoms with Crippen LogP contribution in [0.4, 0.5) is 0 Å². The molecule has 0 spiro atoms. The second-order valence-electron chi connectivity index (χ2n) is 3.22. The molecule has 0 aromatic carbocycles. The van der Waals surface area contributed by atoms with E-state index in [4.69, 9.17) is 18.0 Å². The summed E-state index contributed by atoms with van der Waals surface area (Å²) in [6.07, 6.45) is 0.813. The summed E-state index contributed by atoms with van der Waals surface area (Å²) in [6.45, 7) is 5.16. The first-order valence-corrected chi connectivity index (χ1v) is 6.09. The van der Waals surface area contributed by atoms with Crippen molar-refractivity contribution < 1.29 is 0 Å². The van der Waals surface area contributed by atoms with Gasteiger partial charge in [0.25, 0.3) is 0 Å². The zero-order chi connectivity index (χ0) is 10.4. The molecule has 1 aromatic rings. The second-order valence-corrected chi connectivity index (χ2v) is 4.52.